The van der Waals surface area contributed by atoms with Crippen molar-refractivity contribution in [2.45, 2.75) is 52.7 Å². The number of hydrogen-bond acceptors (Lipinski definition) is 5. The number of rotatable bonds is 3. The Morgan fingerprint density at radius 1 is 1.25 bits per heavy atom. The van der Waals surface area contributed by atoms with Gasteiger partial charge in [-0.2, -0.15) is 0 Å². The summed E-state index contributed by atoms with van der Waals surface area (Å²) >= 11 is 0. The summed E-state index contributed by atoms with van der Waals surface area (Å²) in [5, 5.41) is 10.4. The zero-order chi connectivity index (χ0) is 18.3. The van der Waals surface area contributed by atoms with Gasteiger partial charge in [0.05, 0.1) is 12.4 Å². The Balaban J connectivity index is 2.95. The Kier molecular flexibility index (Phi) is 7.47. The van der Waals surface area contributed by atoms with Crippen molar-refractivity contribution >= 4 is 11.9 Å². The molecule has 0 radical (unpaired) electrons. The van der Waals surface area contributed by atoms with E-state index in [1.807, 2.05) is 13.8 Å². The Hall–Kier alpha value is -2.32. The third kappa shape index (κ3) is 6.43. The maximum Gasteiger partial charge on any atom is 0.307 e. The van der Waals surface area contributed by atoms with E-state index in [1.54, 1.807) is 6.08 Å². The molecule has 0 aliphatic heterocycles. The zero-order valence-corrected chi connectivity index (χ0v) is 14.6. The van der Waals surface area contributed by atoms with Crippen LogP contribution in [0, 0.1) is 17.8 Å². The standard InChI is InChI=1S/C19H24O5/c1-12(2)7-6-8-13(3)17-10-19(24-15(5)21)16(9-18(17)22)11-23-14(4)20/h7,11,17-19,22H,3,9-10H2,1-2,4-5H3/b16-11-/t17-,18+,19+/m1/s1. The van der Waals surface area contributed by atoms with E-state index in [2.05, 4.69) is 18.4 Å². The average Bonchev–Trinajstić information content (AvgIpc) is 2.45. The van der Waals surface area contributed by atoms with Gasteiger partial charge in [0.15, 0.2) is 0 Å². The second-order valence-corrected chi connectivity index (χ2v) is 6.03. The van der Waals surface area contributed by atoms with Crippen LogP contribution in [-0.2, 0) is 19.1 Å². The van der Waals surface area contributed by atoms with Crippen LogP contribution in [0.15, 0.2) is 35.6 Å². The van der Waals surface area contributed by atoms with Gasteiger partial charge in [-0.3, -0.25) is 9.59 Å². The summed E-state index contributed by atoms with van der Waals surface area (Å²) < 4.78 is 10.2. The van der Waals surface area contributed by atoms with Gasteiger partial charge in [-0.1, -0.05) is 24.0 Å². The number of carbonyl (C=O) groups is 2. The molecule has 0 saturated heterocycles. The lowest BCUT2D eigenvalue weighted by molar-refractivity contribution is -0.146. The average molecular weight is 332 g/mol. The number of hydrogen-bond donors (Lipinski definition) is 1. The first kappa shape index (κ1) is 19.7. The predicted octanol–water partition coefficient (Wildman–Crippen LogP) is 2.66. The van der Waals surface area contributed by atoms with E-state index in [9.17, 15) is 14.7 Å². The van der Waals surface area contributed by atoms with Crippen molar-refractivity contribution in [3.8, 4) is 11.8 Å². The van der Waals surface area contributed by atoms with Gasteiger partial charge in [-0.25, -0.2) is 0 Å². The van der Waals surface area contributed by atoms with E-state index in [4.69, 9.17) is 9.47 Å². The molecule has 0 heterocycles. The molecule has 0 aromatic heterocycles. The lowest BCUT2D eigenvalue weighted by Gasteiger charge is -2.34. The number of esters is 2. The predicted molar refractivity (Wildman–Crippen MR) is 90.5 cm³/mol. The second kappa shape index (κ2) is 9.09. The largest absolute Gasteiger partial charge is 0.458 e. The van der Waals surface area contributed by atoms with Crippen LogP contribution in [0.3, 0.4) is 0 Å². The van der Waals surface area contributed by atoms with Gasteiger partial charge in [-0.15, -0.1) is 0 Å². The van der Waals surface area contributed by atoms with E-state index >= 15 is 0 Å². The van der Waals surface area contributed by atoms with Crippen LogP contribution in [-0.4, -0.2) is 29.3 Å². The second-order valence-electron chi connectivity index (χ2n) is 6.03. The molecule has 1 N–H and O–H groups in total. The minimum absolute atomic E-state index is 0.221. The number of allylic oxidation sites excluding steroid dienone is 2. The third-order valence-corrected chi connectivity index (χ3v) is 3.52. The molecular weight excluding hydrogens is 308 g/mol. The molecule has 0 amide bonds. The Morgan fingerprint density at radius 2 is 1.92 bits per heavy atom. The topological polar surface area (TPSA) is 72.8 Å². The van der Waals surface area contributed by atoms with Crippen molar-refractivity contribution in [1.82, 2.24) is 0 Å². The van der Waals surface area contributed by atoms with Gasteiger partial charge in [0.2, 0.25) is 0 Å². The van der Waals surface area contributed by atoms with Crippen molar-refractivity contribution < 1.29 is 24.2 Å². The van der Waals surface area contributed by atoms with Crippen molar-refractivity contribution in [3.05, 3.63) is 35.6 Å². The van der Waals surface area contributed by atoms with Crippen LogP contribution in [0.25, 0.3) is 0 Å². The van der Waals surface area contributed by atoms with Gasteiger partial charge in [-0.05, 0) is 26.3 Å². The zero-order valence-electron chi connectivity index (χ0n) is 14.6. The first-order valence-electron chi connectivity index (χ1n) is 7.75. The van der Waals surface area contributed by atoms with Crippen molar-refractivity contribution in [2.24, 2.45) is 5.92 Å². The number of carbonyl (C=O) groups excluding carboxylic acids is 2. The van der Waals surface area contributed by atoms with E-state index < -0.39 is 24.1 Å². The maximum absolute atomic E-state index is 11.3. The van der Waals surface area contributed by atoms with Gasteiger partial charge in [0.25, 0.3) is 0 Å². The highest BCUT2D eigenvalue weighted by molar-refractivity contribution is 5.67. The summed E-state index contributed by atoms with van der Waals surface area (Å²) in [4.78, 5) is 22.3. The van der Waals surface area contributed by atoms with Crippen LogP contribution >= 0.6 is 0 Å². The van der Waals surface area contributed by atoms with E-state index in [1.165, 1.54) is 20.1 Å². The quantitative estimate of drug-likeness (QED) is 0.489. The van der Waals surface area contributed by atoms with Crippen molar-refractivity contribution in [2.75, 3.05) is 0 Å². The molecular formula is C19H24O5. The fraction of sp³-hybridized carbons (Fsp3) is 0.474. The number of aliphatic hydroxyl groups is 1. The Labute approximate surface area is 143 Å². The Bertz CT molecular complexity index is 626. The molecule has 5 heteroatoms. The molecule has 0 aromatic rings. The monoisotopic (exact) mass is 332 g/mol. The van der Waals surface area contributed by atoms with Crippen LogP contribution in [0.1, 0.15) is 40.5 Å². The molecule has 1 aliphatic rings. The summed E-state index contributed by atoms with van der Waals surface area (Å²) in [5.74, 6) is 4.59. The third-order valence-electron chi connectivity index (χ3n) is 3.52. The van der Waals surface area contributed by atoms with Crippen LogP contribution in [0.5, 0.6) is 0 Å². The normalized spacial score (nSPS) is 24.4. The SMILES string of the molecule is C=C(C#CC=C(C)C)[C@H]1C[C@H](OC(C)=O)/C(=C\OC(C)=O)C[C@@H]1O. The van der Waals surface area contributed by atoms with E-state index in [0.29, 0.717) is 17.6 Å². The van der Waals surface area contributed by atoms with E-state index in [-0.39, 0.29) is 12.3 Å². The Morgan fingerprint density at radius 3 is 2.46 bits per heavy atom. The highest BCUT2D eigenvalue weighted by Gasteiger charge is 2.36. The number of ether oxygens (including phenoxy) is 2. The molecule has 5 nitrogen and oxygen atoms in total. The molecule has 3 atom stereocenters. The van der Waals surface area contributed by atoms with Gasteiger partial charge in [0.1, 0.15) is 6.10 Å². The molecule has 130 valence electrons. The molecule has 1 saturated carbocycles. The lowest BCUT2D eigenvalue weighted by atomic mass is 9.78. The number of aliphatic hydroxyl groups excluding tert-OH is 1. The fourth-order valence-electron chi connectivity index (χ4n) is 2.40. The van der Waals surface area contributed by atoms with Crippen molar-refractivity contribution in [1.29, 1.82) is 0 Å². The first-order valence-corrected chi connectivity index (χ1v) is 7.75. The molecule has 1 aliphatic carbocycles. The molecule has 24 heavy (non-hydrogen) atoms. The lowest BCUT2D eigenvalue weighted by Crippen LogP contribution is -2.36. The first-order chi connectivity index (χ1) is 11.2. The highest BCUT2D eigenvalue weighted by atomic mass is 16.5. The molecule has 1 fully saturated rings. The van der Waals surface area contributed by atoms with Gasteiger partial charge >= 0.3 is 11.9 Å². The van der Waals surface area contributed by atoms with Crippen LogP contribution in [0.4, 0.5) is 0 Å². The summed E-state index contributed by atoms with van der Waals surface area (Å²) in [6.45, 7) is 10.4. The summed E-state index contributed by atoms with van der Waals surface area (Å²) in [5.41, 5.74) is 2.22. The van der Waals surface area contributed by atoms with Gasteiger partial charge < -0.3 is 14.6 Å². The minimum Gasteiger partial charge on any atom is -0.458 e. The van der Waals surface area contributed by atoms with Crippen molar-refractivity contribution in [3.63, 3.8) is 0 Å². The maximum atomic E-state index is 11.3. The molecule has 1 rings (SSSR count). The van der Waals surface area contributed by atoms with E-state index in [0.717, 1.165) is 5.57 Å². The smallest absolute Gasteiger partial charge is 0.307 e. The summed E-state index contributed by atoms with van der Waals surface area (Å²) in [6.07, 6.45) is 2.29. The van der Waals surface area contributed by atoms with Crippen LogP contribution < -0.4 is 0 Å². The highest BCUT2D eigenvalue weighted by Crippen LogP contribution is 2.34. The summed E-state index contributed by atoms with van der Waals surface area (Å²) in [7, 11) is 0. The molecule has 0 aromatic carbocycles. The van der Waals surface area contributed by atoms with Crippen LogP contribution in [0.2, 0.25) is 0 Å². The fourth-order valence-corrected chi connectivity index (χ4v) is 2.40. The molecule has 0 bridgehead atoms. The molecule has 0 spiro atoms. The van der Waals surface area contributed by atoms with Gasteiger partial charge in [0, 0.05) is 37.3 Å². The summed E-state index contributed by atoms with van der Waals surface area (Å²) in [6, 6.07) is 0. The molecule has 0 unspecified atom stereocenters. The minimum atomic E-state index is -0.730.